The summed E-state index contributed by atoms with van der Waals surface area (Å²) in [6.45, 7) is 1.17. The van der Waals surface area contributed by atoms with Gasteiger partial charge in [0.05, 0.1) is 19.0 Å². The summed E-state index contributed by atoms with van der Waals surface area (Å²) in [4.78, 5) is 26.6. The molecule has 0 N–H and O–H groups in total. The van der Waals surface area contributed by atoms with Crippen LogP contribution in [0.15, 0.2) is 36.5 Å². The Morgan fingerprint density at radius 3 is 2.37 bits per heavy atom. The highest BCUT2D eigenvalue weighted by Crippen LogP contribution is 2.20. The first-order chi connectivity index (χ1) is 13.2. The molecule has 0 bridgehead atoms. The number of likely N-dealkylation sites (tertiary alicyclic amines) is 1. The third-order valence-corrected chi connectivity index (χ3v) is 4.65. The molecule has 0 spiro atoms. The van der Waals surface area contributed by atoms with E-state index in [1.807, 2.05) is 30.3 Å². The monoisotopic (exact) mass is 371 g/mol. The van der Waals surface area contributed by atoms with Crippen molar-refractivity contribution in [3.63, 3.8) is 0 Å². The van der Waals surface area contributed by atoms with E-state index in [1.165, 1.54) is 13.5 Å². The topological polar surface area (TPSA) is 73.7 Å². The number of nitrogens with zero attached hydrogens (tertiary/aromatic N) is 3. The minimum atomic E-state index is -0.665. The third kappa shape index (κ3) is 4.87. The number of hydrogen-bond donors (Lipinski definition) is 0. The van der Waals surface area contributed by atoms with E-state index >= 15 is 0 Å². The first-order valence-corrected chi connectivity index (χ1v) is 9.33. The molecule has 2 heterocycles. The van der Waals surface area contributed by atoms with Gasteiger partial charge in [-0.05, 0) is 25.0 Å². The van der Waals surface area contributed by atoms with E-state index in [1.54, 1.807) is 15.8 Å². The highest BCUT2D eigenvalue weighted by molar-refractivity contribution is 5.92. The molecule has 7 heteroatoms. The quantitative estimate of drug-likeness (QED) is 0.756. The van der Waals surface area contributed by atoms with Gasteiger partial charge in [0.2, 0.25) is 5.69 Å². The van der Waals surface area contributed by atoms with Gasteiger partial charge in [0, 0.05) is 13.1 Å². The molecule has 0 radical (unpaired) electrons. The molecule has 1 amide bonds. The number of carbonyl (C=O) groups excluding carboxylic acids is 2. The Morgan fingerprint density at radius 1 is 1.04 bits per heavy atom. The van der Waals surface area contributed by atoms with Crippen LogP contribution in [0.2, 0.25) is 0 Å². The highest BCUT2D eigenvalue weighted by atomic mass is 16.5. The molecule has 27 heavy (non-hydrogen) atoms. The zero-order valence-electron chi connectivity index (χ0n) is 15.6. The number of amides is 1. The molecule has 2 aromatic rings. The number of ether oxygens (including phenoxy) is 2. The maximum absolute atomic E-state index is 12.4. The largest absolute Gasteiger partial charge is 0.493 e. The van der Waals surface area contributed by atoms with Crippen LogP contribution >= 0.6 is 0 Å². The SMILES string of the molecule is COc1cn(-c2ccccc2)nc1C(=O)OCC(=O)N1CCCCCCC1. The molecule has 0 saturated carbocycles. The summed E-state index contributed by atoms with van der Waals surface area (Å²) in [6, 6.07) is 9.39. The number of hydrogen-bond acceptors (Lipinski definition) is 5. The molecule has 1 aromatic heterocycles. The average molecular weight is 371 g/mol. The van der Waals surface area contributed by atoms with E-state index in [0.29, 0.717) is 5.75 Å². The number of rotatable bonds is 5. The lowest BCUT2D eigenvalue weighted by Gasteiger charge is -2.24. The summed E-state index contributed by atoms with van der Waals surface area (Å²) in [5.41, 5.74) is 0.855. The van der Waals surface area contributed by atoms with Gasteiger partial charge in [-0.25, -0.2) is 9.48 Å². The molecule has 144 valence electrons. The number of aromatic nitrogens is 2. The van der Waals surface area contributed by atoms with Crippen molar-refractivity contribution in [2.45, 2.75) is 32.1 Å². The molecular formula is C20H25N3O4. The molecule has 0 atom stereocenters. The Kier molecular flexibility index (Phi) is 6.46. The summed E-state index contributed by atoms with van der Waals surface area (Å²) in [6.07, 6.45) is 7.10. The normalized spacial score (nSPS) is 14.9. The summed E-state index contributed by atoms with van der Waals surface area (Å²) in [5, 5.41) is 4.26. The number of benzene rings is 1. The number of esters is 1. The fraction of sp³-hybridized carbons (Fsp3) is 0.450. The molecule has 1 saturated heterocycles. The number of para-hydroxylation sites is 1. The minimum absolute atomic E-state index is 0.0572. The van der Waals surface area contributed by atoms with Crippen molar-refractivity contribution in [2.24, 2.45) is 0 Å². The predicted octanol–water partition coefficient (Wildman–Crippen LogP) is 2.83. The zero-order valence-corrected chi connectivity index (χ0v) is 15.6. The molecule has 1 fully saturated rings. The van der Waals surface area contributed by atoms with Gasteiger partial charge in [-0.3, -0.25) is 4.79 Å². The molecule has 0 aliphatic carbocycles. The maximum Gasteiger partial charge on any atom is 0.363 e. The second kappa shape index (κ2) is 9.21. The van der Waals surface area contributed by atoms with Crippen LogP contribution in [-0.4, -0.2) is 53.4 Å². The van der Waals surface area contributed by atoms with Crippen molar-refractivity contribution in [3.8, 4) is 11.4 Å². The second-order valence-electron chi connectivity index (χ2n) is 6.55. The van der Waals surface area contributed by atoms with Gasteiger partial charge >= 0.3 is 5.97 Å². The van der Waals surface area contributed by atoms with Crippen LogP contribution in [0.4, 0.5) is 0 Å². The lowest BCUT2D eigenvalue weighted by molar-refractivity contribution is -0.134. The van der Waals surface area contributed by atoms with E-state index in [-0.39, 0.29) is 18.2 Å². The van der Waals surface area contributed by atoms with Gasteiger partial charge in [-0.1, -0.05) is 37.5 Å². The molecular weight excluding hydrogens is 346 g/mol. The fourth-order valence-corrected chi connectivity index (χ4v) is 3.15. The third-order valence-electron chi connectivity index (χ3n) is 4.65. The van der Waals surface area contributed by atoms with E-state index < -0.39 is 5.97 Å². The first-order valence-electron chi connectivity index (χ1n) is 9.33. The molecule has 1 aliphatic heterocycles. The zero-order chi connectivity index (χ0) is 19.1. The first kappa shape index (κ1) is 18.9. The van der Waals surface area contributed by atoms with Gasteiger partial charge in [0.1, 0.15) is 0 Å². The van der Waals surface area contributed by atoms with Crippen LogP contribution in [0.25, 0.3) is 5.69 Å². The molecule has 1 aliphatic rings. The smallest absolute Gasteiger partial charge is 0.363 e. The summed E-state index contributed by atoms with van der Waals surface area (Å²) in [7, 11) is 1.47. The lowest BCUT2D eigenvalue weighted by Crippen LogP contribution is -2.37. The minimum Gasteiger partial charge on any atom is -0.493 e. The molecule has 3 rings (SSSR count). The van der Waals surface area contributed by atoms with Crippen LogP contribution < -0.4 is 4.74 Å². The Balaban J connectivity index is 1.63. The van der Waals surface area contributed by atoms with Crippen molar-refractivity contribution in [3.05, 3.63) is 42.2 Å². The van der Waals surface area contributed by atoms with Crippen LogP contribution in [0, 0.1) is 0 Å². The van der Waals surface area contributed by atoms with Crippen LogP contribution in [-0.2, 0) is 9.53 Å². The number of carbonyl (C=O) groups is 2. The summed E-state index contributed by atoms with van der Waals surface area (Å²) < 4.78 is 12.0. The predicted molar refractivity (Wildman–Crippen MR) is 100 cm³/mol. The lowest BCUT2D eigenvalue weighted by atomic mass is 10.1. The summed E-state index contributed by atoms with van der Waals surface area (Å²) >= 11 is 0. The highest BCUT2D eigenvalue weighted by Gasteiger charge is 2.22. The second-order valence-corrected chi connectivity index (χ2v) is 6.55. The van der Waals surface area contributed by atoms with Crippen LogP contribution in [0.1, 0.15) is 42.6 Å². The average Bonchev–Trinajstić information content (AvgIpc) is 3.11. The Hall–Kier alpha value is -2.83. The van der Waals surface area contributed by atoms with E-state index in [2.05, 4.69) is 5.10 Å². The molecule has 7 nitrogen and oxygen atoms in total. The van der Waals surface area contributed by atoms with Crippen LogP contribution in [0.5, 0.6) is 5.75 Å². The Morgan fingerprint density at radius 2 is 1.70 bits per heavy atom. The number of methoxy groups -OCH3 is 1. The molecule has 1 aromatic carbocycles. The van der Waals surface area contributed by atoms with Gasteiger partial charge in [-0.2, -0.15) is 5.10 Å². The van der Waals surface area contributed by atoms with E-state index in [4.69, 9.17) is 9.47 Å². The van der Waals surface area contributed by atoms with Crippen molar-refractivity contribution >= 4 is 11.9 Å². The van der Waals surface area contributed by atoms with Crippen molar-refractivity contribution in [1.82, 2.24) is 14.7 Å². The summed E-state index contributed by atoms with van der Waals surface area (Å²) in [5.74, 6) is -0.517. The maximum atomic E-state index is 12.4. The van der Waals surface area contributed by atoms with E-state index in [0.717, 1.165) is 44.5 Å². The van der Waals surface area contributed by atoms with Gasteiger partial charge in [-0.15, -0.1) is 0 Å². The van der Waals surface area contributed by atoms with E-state index in [9.17, 15) is 9.59 Å². The van der Waals surface area contributed by atoms with Crippen molar-refractivity contribution < 1.29 is 19.1 Å². The Labute approximate surface area is 158 Å². The standard InChI is InChI=1S/C20H25N3O4/c1-26-17-14-23(16-10-6-5-7-11-16)21-19(17)20(25)27-15-18(24)22-12-8-3-2-4-9-13-22/h5-7,10-11,14H,2-4,8-9,12-13,15H2,1H3. The molecule has 0 unspecified atom stereocenters. The van der Waals surface area contributed by atoms with Gasteiger partial charge < -0.3 is 14.4 Å². The van der Waals surface area contributed by atoms with Gasteiger partial charge in [0.15, 0.2) is 12.4 Å². The van der Waals surface area contributed by atoms with Crippen LogP contribution in [0.3, 0.4) is 0 Å². The van der Waals surface area contributed by atoms with Crippen molar-refractivity contribution in [2.75, 3.05) is 26.8 Å². The Bertz CT molecular complexity index is 765. The van der Waals surface area contributed by atoms with Gasteiger partial charge in [0.25, 0.3) is 5.91 Å². The fourth-order valence-electron chi connectivity index (χ4n) is 3.15. The van der Waals surface area contributed by atoms with Crippen molar-refractivity contribution in [1.29, 1.82) is 0 Å².